The fraction of sp³-hybridized carbons (Fsp3) is 1.00. The van der Waals surface area contributed by atoms with Crippen LogP contribution in [0.3, 0.4) is 0 Å². The van der Waals surface area contributed by atoms with Gasteiger partial charge in [-0.15, -0.1) is 0 Å². The van der Waals surface area contributed by atoms with Crippen LogP contribution in [0.5, 0.6) is 0 Å². The van der Waals surface area contributed by atoms with Gasteiger partial charge in [0.1, 0.15) is 0 Å². The van der Waals surface area contributed by atoms with Crippen molar-refractivity contribution in [1.82, 2.24) is 0 Å². The van der Waals surface area contributed by atoms with E-state index in [0.29, 0.717) is 0 Å². The third-order valence-electron chi connectivity index (χ3n) is 0.542. The molecule has 0 aliphatic carbocycles. The fourth-order valence-corrected chi connectivity index (χ4v) is 1.01. The third kappa shape index (κ3) is 31.4. The van der Waals surface area contributed by atoms with Crippen LogP contribution in [-0.4, -0.2) is 31.1 Å². The van der Waals surface area contributed by atoms with Crippen molar-refractivity contribution in [3.8, 4) is 0 Å². The standard InChI is InChI=1S/C6H14O3S.H3O4P/c1-5(2)8-10(7)9-6(3)4;1-5(2,3)4/h5-6H,1-4H3;(H3,1,2,3,4). The Morgan fingerprint density at radius 3 is 1.33 bits per heavy atom. The average Bonchev–Trinajstić information content (AvgIpc) is 1.76. The summed E-state index contributed by atoms with van der Waals surface area (Å²) >= 11 is -1.58. The predicted molar refractivity (Wildman–Crippen MR) is 54.8 cm³/mol. The SMILES string of the molecule is CC(C)OS(=O)OC(C)C.O=P(O)(O)O. The summed E-state index contributed by atoms with van der Waals surface area (Å²) in [5, 5.41) is 0. The Labute approximate surface area is 91.5 Å². The van der Waals surface area contributed by atoms with E-state index in [9.17, 15) is 4.21 Å². The van der Waals surface area contributed by atoms with Gasteiger partial charge >= 0.3 is 19.2 Å². The maximum absolute atomic E-state index is 10.7. The summed E-state index contributed by atoms with van der Waals surface area (Å²) in [5.74, 6) is 0. The van der Waals surface area contributed by atoms with Gasteiger partial charge in [-0.05, 0) is 27.7 Å². The number of phosphoric acid groups is 1. The first-order chi connectivity index (χ1) is 6.52. The van der Waals surface area contributed by atoms with E-state index in [4.69, 9.17) is 27.6 Å². The fourth-order valence-electron chi connectivity index (χ4n) is 0.337. The molecule has 0 saturated heterocycles. The van der Waals surface area contributed by atoms with Crippen molar-refractivity contribution in [3.05, 3.63) is 0 Å². The van der Waals surface area contributed by atoms with Gasteiger partial charge in [-0.25, -0.2) is 4.57 Å². The molecule has 0 bridgehead atoms. The van der Waals surface area contributed by atoms with Gasteiger partial charge in [0.05, 0.1) is 12.2 Å². The minimum atomic E-state index is -4.64. The van der Waals surface area contributed by atoms with Crippen LogP contribution in [0.1, 0.15) is 27.7 Å². The molecule has 0 aromatic rings. The van der Waals surface area contributed by atoms with E-state index in [1.54, 1.807) is 0 Å². The molecule has 0 rings (SSSR count). The smallest absolute Gasteiger partial charge is 0.303 e. The minimum Gasteiger partial charge on any atom is -0.303 e. The highest BCUT2D eigenvalue weighted by Gasteiger charge is 2.05. The molecule has 0 fully saturated rings. The van der Waals surface area contributed by atoms with Crippen LogP contribution in [0.2, 0.25) is 0 Å². The zero-order valence-electron chi connectivity index (χ0n) is 8.98. The Morgan fingerprint density at radius 1 is 1.00 bits per heavy atom. The van der Waals surface area contributed by atoms with Crippen molar-refractivity contribution in [3.63, 3.8) is 0 Å². The molecule has 7 nitrogen and oxygen atoms in total. The summed E-state index contributed by atoms with van der Waals surface area (Å²) in [4.78, 5) is 21.6. The Kier molecular flexibility index (Phi) is 9.78. The first-order valence-electron chi connectivity index (χ1n) is 4.06. The van der Waals surface area contributed by atoms with Gasteiger partial charge in [0.25, 0.3) is 0 Å². The summed E-state index contributed by atoms with van der Waals surface area (Å²) < 4.78 is 29.2. The topological polar surface area (TPSA) is 113 Å². The Morgan fingerprint density at radius 2 is 1.20 bits per heavy atom. The maximum Gasteiger partial charge on any atom is 0.466 e. The highest BCUT2D eigenvalue weighted by molar-refractivity contribution is 7.75. The van der Waals surface area contributed by atoms with E-state index in [0.717, 1.165) is 0 Å². The summed E-state index contributed by atoms with van der Waals surface area (Å²) in [7, 11) is -4.64. The third-order valence-corrected chi connectivity index (χ3v) is 1.63. The van der Waals surface area contributed by atoms with E-state index >= 15 is 0 Å². The van der Waals surface area contributed by atoms with Crippen molar-refractivity contribution < 1.29 is 31.8 Å². The molecule has 15 heavy (non-hydrogen) atoms. The van der Waals surface area contributed by atoms with Crippen LogP contribution in [0.4, 0.5) is 0 Å². The molecular formula is C6H17O7PS. The molecule has 3 N–H and O–H groups in total. The van der Waals surface area contributed by atoms with E-state index in [1.807, 2.05) is 27.7 Å². The van der Waals surface area contributed by atoms with Crippen LogP contribution >= 0.6 is 7.82 Å². The molecule has 0 aliphatic rings. The zero-order valence-corrected chi connectivity index (χ0v) is 10.7. The molecule has 0 spiro atoms. The van der Waals surface area contributed by atoms with Crippen LogP contribution in [0.15, 0.2) is 0 Å². The highest BCUT2D eigenvalue weighted by Crippen LogP contribution is 2.25. The highest BCUT2D eigenvalue weighted by atomic mass is 32.2. The number of rotatable bonds is 4. The summed E-state index contributed by atoms with van der Waals surface area (Å²) in [6.07, 6.45) is -0.112. The lowest BCUT2D eigenvalue weighted by Gasteiger charge is -2.07. The number of hydrogen-bond donors (Lipinski definition) is 3. The molecule has 0 atom stereocenters. The van der Waals surface area contributed by atoms with Crippen LogP contribution in [0.25, 0.3) is 0 Å². The monoisotopic (exact) mass is 264 g/mol. The van der Waals surface area contributed by atoms with E-state index in [1.165, 1.54) is 0 Å². The zero-order chi connectivity index (χ0) is 12.6. The lowest BCUT2D eigenvalue weighted by Crippen LogP contribution is -2.12. The van der Waals surface area contributed by atoms with Gasteiger partial charge in [0.15, 0.2) is 0 Å². The van der Waals surface area contributed by atoms with Gasteiger partial charge in [0.2, 0.25) is 0 Å². The van der Waals surface area contributed by atoms with Gasteiger partial charge in [0, 0.05) is 0 Å². The van der Waals surface area contributed by atoms with Crippen LogP contribution in [-0.2, 0) is 24.3 Å². The normalized spacial score (nSPS) is 11.9. The largest absolute Gasteiger partial charge is 0.466 e. The Hall–Kier alpha value is 0.180. The second kappa shape index (κ2) is 8.35. The van der Waals surface area contributed by atoms with E-state index < -0.39 is 19.2 Å². The van der Waals surface area contributed by atoms with Crippen LogP contribution < -0.4 is 0 Å². The number of hydrogen-bond acceptors (Lipinski definition) is 4. The Balaban J connectivity index is 0. The minimum absolute atomic E-state index is 0.0559. The molecular weight excluding hydrogens is 247 g/mol. The second-order valence-electron chi connectivity index (χ2n) is 3.01. The van der Waals surface area contributed by atoms with Crippen molar-refractivity contribution in [2.75, 3.05) is 0 Å². The molecule has 9 heteroatoms. The van der Waals surface area contributed by atoms with Crippen molar-refractivity contribution in [1.29, 1.82) is 0 Å². The lowest BCUT2D eigenvalue weighted by atomic mass is 10.5. The Bertz CT molecular complexity index is 203. The average molecular weight is 264 g/mol. The quantitative estimate of drug-likeness (QED) is 0.633. The summed E-state index contributed by atoms with van der Waals surface area (Å²) in [6.45, 7) is 7.23. The molecule has 0 aromatic carbocycles. The lowest BCUT2D eigenvalue weighted by molar-refractivity contribution is 0.181. The molecule has 0 amide bonds. The van der Waals surface area contributed by atoms with Gasteiger partial charge in [-0.1, -0.05) is 0 Å². The van der Waals surface area contributed by atoms with Crippen molar-refractivity contribution in [2.45, 2.75) is 39.9 Å². The van der Waals surface area contributed by atoms with Crippen molar-refractivity contribution >= 4 is 19.2 Å². The summed E-state index contributed by atoms with van der Waals surface area (Å²) in [5.41, 5.74) is 0. The summed E-state index contributed by atoms with van der Waals surface area (Å²) in [6, 6.07) is 0. The van der Waals surface area contributed by atoms with Gasteiger partial charge in [-0.2, -0.15) is 4.21 Å². The molecule has 0 aliphatic heterocycles. The van der Waals surface area contributed by atoms with E-state index in [2.05, 4.69) is 0 Å². The first kappa shape index (κ1) is 17.6. The van der Waals surface area contributed by atoms with E-state index in [-0.39, 0.29) is 12.2 Å². The van der Waals surface area contributed by atoms with Gasteiger partial charge in [-0.3, -0.25) is 8.37 Å². The van der Waals surface area contributed by atoms with Gasteiger partial charge < -0.3 is 14.7 Å². The second-order valence-corrected chi connectivity index (χ2v) is 4.83. The molecule has 94 valence electrons. The maximum atomic E-state index is 10.7. The van der Waals surface area contributed by atoms with Crippen LogP contribution in [0, 0.1) is 0 Å². The predicted octanol–water partition coefficient (Wildman–Crippen LogP) is 0.486. The molecule has 0 saturated carbocycles. The molecule has 0 heterocycles. The first-order valence-corrected chi connectivity index (χ1v) is 6.63. The molecule has 0 unspecified atom stereocenters. The molecule has 0 aromatic heterocycles. The van der Waals surface area contributed by atoms with Crippen molar-refractivity contribution in [2.24, 2.45) is 0 Å². The molecule has 0 radical (unpaired) electrons.